The Morgan fingerprint density at radius 3 is 2.50 bits per heavy atom. The summed E-state index contributed by atoms with van der Waals surface area (Å²) in [6.45, 7) is 2.81. The molecule has 20 heavy (non-hydrogen) atoms. The van der Waals surface area contributed by atoms with E-state index in [0.29, 0.717) is 24.4 Å². The average Bonchev–Trinajstić information content (AvgIpc) is 2.50. The van der Waals surface area contributed by atoms with E-state index >= 15 is 0 Å². The molecule has 1 atom stereocenters. The number of rotatable bonds is 7. The monoisotopic (exact) mass is 273 g/mol. The fourth-order valence-corrected chi connectivity index (χ4v) is 2.19. The zero-order chi connectivity index (χ0) is 15.0. The maximum Gasteiger partial charge on any atom is 0.226 e. The molecule has 0 bridgehead atoms. The second kappa shape index (κ2) is 8.34. The molecule has 1 amide bonds. The zero-order valence-electron chi connectivity index (χ0n) is 12.3. The molecule has 0 radical (unpaired) electrons. The maximum absolute atomic E-state index is 12.2. The molecule has 0 heterocycles. The Labute approximate surface area is 121 Å². The average molecular weight is 273 g/mol. The zero-order valence-corrected chi connectivity index (χ0v) is 12.3. The highest BCUT2D eigenvalue weighted by atomic mass is 16.2. The summed E-state index contributed by atoms with van der Waals surface area (Å²) in [4.78, 5) is 13.8. The Kier molecular flexibility index (Phi) is 6.75. The van der Waals surface area contributed by atoms with Gasteiger partial charge in [0.25, 0.3) is 0 Å². The van der Waals surface area contributed by atoms with Gasteiger partial charge in [0.1, 0.15) is 0 Å². The van der Waals surface area contributed by atoms with Crippen molar-refractivity contribution < 1.29 is 4.79 Å². The molecule has 1 rings (SSSR count). The van der Waals surface area contributed by atoms with Crippen LogP contribution in [0.1, 0.15) is 38.2 Å². The number of carbonyl (C=O) groups excluding carboxylic acids is 1. The topological polar surface area (TPSA) is 70.1 Å². The van der Waals surface area contributed by atoms with Crippen LogP contribution in [0.4, 0.5) is 5.69 Å². The molecule has 0 fully saturated rings. The van der Waals surface area contributed by atoms with E-state index in [-0.39, 0.29) is 5.91 Å². The van der Waals surface area contributed by atoms with Crippen LogP contribution in [-0.2, 0) is 4.79 Å². The molecular formula is C16H23N3O. The molecule has 4 nitrogen and oxygen atoms in total. The highest BCUT2D eigenvalue weighted by Crippen LogP contribution is 2.18. The molecule has 1 aromatic carbocycles. The fourth-order valence-electron chi connectivity index (χ4n) is 2.19. The first-order valence-electron chi connectivity index (χ1n) is 7.09. The van der Waals surface area contributed by atoms with Crippen molar-refractivity contribution in [2.75, 3.05) is 18.5 Å². The summed E-state index contributed by atoms with van der Waals surface area (Å²) in [6, 6.07) is 9.12. The summed E-state index contributed by atoms with van der Waals surface area (Å²) in [5, 5.41) is 8.76. The number of hydrogen-bond acceptors (Lipinski definition) is 3. The van der Waals surface area contributed by atoms with Gasteiger partial charge in [0.15, 0.2) is 0 Å². The highest BCUT2D eigenvalue weighted by Gasteiger charge is 2.13. The molecule has 1 unspecified atom stereocenters. The van der Waals surface area contributed by atoms with Crippen molar-refractivity contribution in [2.45, 2.75) is 32.6 Å². The van der Waals surface area contributed by atoms with Gasteiger partial charge in [-0.15, -0.1) is 0 Å². The second-order valence-corrected chi connectivity index (χ2v) is 5.00. The van der Waals surface area contributed by atoms with Crippen molar-refractivity contribution in [2.24, 2.45) is 11.7 Å². The van der Waals surface area contributed by atoms with Crippen molar-refractivity contribution in [3.05, 3.63) is 29.8 Å². The number of benzene rings is 1. The van der Waals surface area contributed by atoms with Gasteiger partial charge in [0.2, 0.25) is 5.91 Å². The van der Waals surface area contributed by atoms with E-state index in [0.717, 1.165) is 24.9 Å². The molecule has 1 aromatic rings. The summed E-state index contributed by atoms with van der Waals surface area (Å²) in [5.74, 6) is 0.628. The Morgan fingerprint density at radius 2 is 2.00 bits per heavy atom. The number of nitriles is 1. The van der Waals surface area contributed by atoms with Gasteiger partial charge in [-0.25, -0.2) is 0 Å². The molecule has 0 spiro atoms. The van der Waals surface area contributed by atoms with Crippen LogP contribution in [0.3, 0.4) is 0 Å². The SMILES string of the molecule is CCC(CCN)CCC(=O)N(C)c1ccc(C#N)cc1. The Hall–Kier alpha value is -1.86. The van der Waals surface area contributed by atoms with E-state index in [4.69, 9.17) is 11.0 Å². The molecule has 0 saturated carbocycles. The van der Waals surface area contributed by atoms with Crippen LogP contribution >= 0.6 is 0 Å². The van der Waals surface area contributed by atoms with E-state index < -0.39 is 0 Å². The molecule has 0 aliphatic carbocycles. The summed E-state index contributed by atoms with van der Waals surface area (Å²) < 4.78 is 0. The third kappa shape index (κ3) is 4.67. The van der Waals surface area contributed by atoms with Crippen LogP contribution in [0.5, 0.6) is 0 Å². The van der Waals surface area contributed by atoms with Crippen LogP contribution < -0.4 is 10.6 Å². The Balaban J connectivity index is 2.55. The third-order valence-electron chi connectivity index (χ3n) is 3.68. The molecule has 0 aromatic heterocycles. The number of hydrogen-bond donors (Lipinski definition) is 1. The first-order chi connectivity index (χ1) is 9.62. The van der Waals surface area contributed by atoms with Gasteiger partial charge in [-0.1, -0.05) is 13.3 Å². The lowest BCUT2D eigenvalue weighted by Crippen LogP contribution is -2.26. The van der Waals surface area contributed by atoms with Crippen molar-refractivity contribution in [3.63, 3.8) is 0 Å². The van der Waals surface area contributed by atoms with E-state index in [1.54, 1.807) is 36.2 Å². The van der Waals surface area contributed by atoms with Crippen LogP contribution in [0.15, 0.2) is 24.3 Å². The van der Waals surface area contributed by atoms with Gasteiger partial charge in [0, 0.05) is 19.2 Å². The minimum atomic E-state index is 0.102. The van der Waals surface area contributed by atoms with E-state index in [1.165, 1.54) is 0 Å². The lowest BCUT2D eigenvalue weighted by Gasteiger charge is -2.19. The maximum atomic E-state index is 12.2. The third-order valence-corrected chi connectivity index (χ3v) is 3.68. The van der Waals surface area contributed by atoms with Gasteiger partial charge >= 0.3 is 0 Å². The predicted molar refractivity (Wildman–Crippen MR) is 81.3 cm³/mol. The standard InChI is InChI=1S/C16H23N3O/c1-3-13(10-11-17)6-9-16(20)19(2)15-7-4-14(12-18)5-8-15/h4-5,7-8,13H,3,6,9-11,17H2,1-2H3. The quantitative estimate of drug-likeness (QED) is 0.830. The molecule has 0 aliphatic heterocycles. The number of anilines is 1. The normalized spacial score (nSPS) is 11.7. The minimum Gasteiger partial charge on any atom is -0.330 e. The second-order valence-electron chi connectivity index (χ2n) is 5.00. The van der Waals surface area contributed by atoms with E-state index in [9.17, 15) is 4.79 Å². The first-order valence-corrected chi connectivity index (χ1v) is 7.09. The molecular weight excluding hydrogens is 250 g/mol. The van der Waals surface area contributed by atoms with Gasteiger partial charge < -0.3 is 10.6 Å². The Bertz CT molecular complexity index is 462. The lowest BCUT2D eigenvalue weighted by atomic mass is 9.96. The lowest BCUT2D eigenvalue weighted by molar-refractivity contribution is -0.118. The summed E-state index contributed by atoms with van der Waals surface area (Å²) in [6.07, 6.45) is 3.46. The minimum absolute atomic E-state index is 0.102. The van der Waals surface area contributed by atoms with Gasteiger partial charge in [-0.2, -0.15) is 5.26 Å². The van der Waals surface area contributed by atoms with E-state index in [2.05, 4.69) is 13.0 Å². The van der Waals surface area contributed by atoms with Gasteiger partial charge in [-0.05, 0) is 49.6 Å². The molecule has 2 N–H and O–H groups in total. The van der Waals surface area contributed by atoms with Crippen LogP contribution in [0.25, 0.3) is 0 Å². The largest absolute Gasteiger partial charge is 0.330 e. The Morgan fingerprint density at radius 1 is 1.35 bits per heavy atom. The van der Waals surface area contributed by atoms with Crippen molar-refractivity contribution in [1.82, 2.24) is 0 Å². The first kappa shape index (κ1) is 16.2. The fraction of sp³-hybridized carbons (Fsp3) is 0.500. The van der Waals surface area contributed by atoms with Crippen LogP contribution in [-0.4, -0.2) is 19.5 Å². The van der Waals surface area contributed by atoms with Crippen LogP contribution in [0, 0.1) is 17.2 Å². The molecule has 108 valence electrons. The smallest absolute Gasteiger partial charge is 0.226 e. The number of nitrogens with two attached hydrogens (primary N) is 1. The number of carbonyl (C=O) groups is 1. The van der Waals surface area contributed by atoms with Gasteiger partial charge in [-0.3, -0.25) is 4.79 Å². The van der Waals surface area contributed by atoms with Crippen molar-refractivity contribution in [1.29, 1.82) is 5.26 Å². The summed E-state index contributed by atoms with van der Waals surface area (Å²) in [7, 11) is 1.77. The highest BCUT2D eigenvalue weighted by molar-refractivity contribution is 5.92. The molecule has 4 heteroatoms. The van der Waals surface area contributed by atoms with Crippen LogP contribution in [0.2, 0.25) is 0 Å². The van der Waals surface area contributed by atoms with Gasteiger partial charge in [0.05, 0.1) is 11.6 Å². The summed E-state index contributed by atoms with van der Waals surface area (Å²) >= 11 is 0. The number of nitrogens with zero attached hydrogens (tertiary/aromatic N) is 2. The molecule has 0 aliphatic rings. The summed E-state index contributed by atoms with van der Waals surface area (Å²) in [5.41, 5.74) is 6.99. The molecule has 0 saturated heterocycles. The predicted octanol–water partition coefficient (Wildman–Crippen LogP) is 2.68. The van der Waals surface area contributed by atoms with Crippen molar-refractivity contribution in [3.8, 4) is 6.07 Å². The van der Waals surface area contributed by atoms with E-state index in [1.807, 2.05) is 0 Å². The van der Waals surface area contributed by atoms with Crippen molar-refractivity contribution >= 4 is 11.6 Å². The number of amides is 1.